The Morgan fingerprint density at radius 3 is 2.58 bits per heavy atom. The molecule has 0 aliphatic heterocycles. The number of nitrogens with one attached hydrogen (secondary N) is 1. The SMILES string of the molecule is CCOc1ccc(C(=O)Nc2cccc3ccccc23)cc1OC. The van der Waals surface area contributed by atoms with Crippen molar-refractivity contribution in [2.75, 3.05) is 19.0 Å². The molecule has 1 amide bonds. The van der Waals surface area contributed by atoms with Gasteiger partial charge in [0, 0.05) is 16.6 Å². The van der Waals surface area contributed by atoms with Crippen LogP contribution < -0.4 is 14.8 Å². The van der Waals surface area contributed by atoms with Crippen LogP contribution in [0, 0.1) is 0 Å². The van der Waals surface area contributed by atoms with Crippen LogP contribution in [0.1, 0.15) is 17.3 Å². The lowest BCUT2D eigenvalue weighted by molar-refractivity contribution is 0.102. The Kier molecular flexibility index (Phi) is 4.66. The standard InChI is InChI=1S/C20H19NO3/c1-3-24-18-12-11-15(13-19(18)23-2)20(22)21-17-10-6-8-14-7-4-5-9-16(14)17/h4-13H,3H2,1-2H3,(H,21,22). The summed E-state index contributed by atoms with van der Waals surface area (Å²) in [6.07, 6.45) is 0. The first-order valence-corrected chi connectivity index (χ1v) is 7.83. The lowest BCUT2D eigenvalue weighted by Crippen LogP contribution is -2.12. The first-order valence-electron chi connectivity index (χ1n) is 7.83. The molecule has 0 radical (unpaired) electrons. The molecule has 122 valence electrons. The number of carbonyl (C=O) groups is 1. The van der Waals surface area contributed by atoms with Crippen molar-refractivity contribution in [2.45, 2.75) is 6.92 Å². The van der Waals surface area contributed by atoms with Crippen molar-refractivity contribution in [3.63, 3.8) is 0 Å². The number of rotatable bonds is 5. The normalized spacial score (nSPS) is 10.4. The third-order valence-electron chi connectivity index (χ3n) is 3.76. The molecule has 0 heterocycles. The Labute approximate surface area is 141 Å². The topological polar surface area (TPSA) is 47.6 Å². The van der Waals surface area contributed by atoms with E-state index < -0.39 is 0 Å². The van der Waals surface area contributed by atoms with E-state index in [2.05, 4.69) is 5.32 Å². The highest BCUT2D eigenvalue weighted by atomic mass is 16.5. The molecule has 4 heteroatoms. The number of fused-ring (bicyclic) bond motifs is 1. The van der Waals surface area contributed by atoms with Crippen LogP contribution in [0.5, 0.6) is 11.5 Å². The Morgan fingerprint density at radius 2 is 1.79 bits per heavy atom. The molecule has 0 atom stereocenters. The van der Waals surface area contributed by atoms with E-state index in [0.717, 1.165) is 16.5 Å². The first-order chi connectivity index (χ1) is 11.7. The molecule has 0 aliphatic rings. The molecule has 24 heavy (non-hydrogen) atoms. The molecule has 3 aromatic rings. The second-order valence-corrected chi connectivity index (χ2v) is 5.28. The van der Waals surface area contributed by atoms with Gasteiger partial charge >= 0.3 is 0 Å². The highest BCUT2D eigenvalue weighted by molar-refractivity contribution is 6.09. The molecule has 0 aromatic heterocycles. The fraction of sp³-hybridized carbons (Fsp3) is 0.150. The molecule has 0 saturated carbocycles. The van der Waals surface area contributed by atoms with Crippen LogP contribution in [0.4, 0.5) is 5.69 Å². The van der Waals surface area contributed by atoms with Crippen molar-refractivity contribution in [3.05, 3.63) is 66.2 Å². The van der Waals surface area contributed by atoms with Crippen LogP contribution in [-0.2, 0) is 0 Å². The maximum atomic E-state index is 12.6. The van der Waals surface area contributed by atoms with Gasteiger partial charge < -0.3 is 14.8 Å². The molecule has 0 saturated heterocycles. The lowest BCUT2D eigenvalue weighted by Gasteiger charge is -2.12. The van der Waals surface area contributed by atoms with Crippen molar-refractivity contribution < 1.29 is 14.3 Å². The molecule has 0 unspecified atom stereocenters. The maximum Gasteiger partial charge on any atom is 0.255 e. The predicted molar refractivity (Wildman–Crippen MR) is 96.1 cm³/mol. The smallest absolute Gasteiger partial charge is 0.255 e. The fourth-order valence-corrected chi connectivity index (χ4v) is 2.61. The van der Waals surface area contributed by atoms with Crippen LogP contribution in [-0.4, -0.2) is 19.6 Å². The van der Waals surface area contributed by atoms with Gasteiger partial charge in [0.25, 0.3) is 5.91 Å². The van der Waals surface area contributed by atoms with Gasteiger partial charge in [-0.15, -0.1) is 0 Å². The molecule has 1 N–H and O–H groups in total. The van der Waals surface area contributed by atoms with Crippen LogP contribution in [0.15, 0.2) is 60.7 Å². The van der Waals surface area contributed by atoms with Gasteiger partial charge in [0.2, 0.25) is 0 Å². The second kappa shape index (κ2) is 7.04. The number of benzene rings is 3. The highest BCUT2D eigenvalue weighted by Gasteiger charge is 2.12. The molecule has 0 bridgehead atoms. The van der Waals surface area contributed by atoms with E-state index in [1.807, 2.05) is 49.4 Å². The van der Waals surface area contributed by atoms with Gasteiger partial charge in [0.1, 0.15) is 0 Å². The van der Waals surface area contributed by atoms with Crippen LogP contribution >= 0.6 is 0 Å². The van der Waals surface area contributed by atoms with Gasteiger partial charge in [-0.05, 0) is 36.6 Å². The summed E-state index contributed by atoms with van der Waals surface area (Å²) in [5.74, 6) is 0.983. The number of hydrogen-bond acceptors (Lipinski definition) is 3. The second-order valence-electron chi connectivity index (χ2n) is 5.28. The largest absolute Gasteiger partial charge is 0.493 e. The van der Waals surface area contributed by atoms with Gasteiger partial charge in [-0.3, -0.25) is 4.79 Å². The number of ether oxygens (including phenoxy) is 2. The van der Waals surface area contributed by atoms with Gasteiger partial charge in [-0.2, -0.15) is 0 Å². The monoisotopic (exact) mass is 321 g/mol. The Morgan fingerprint density at radius 1 is 1.00 bits per heavy atom. The summed E-state index contributed by atoms with van der Waals surface area (Å²) >= 11 is 0. The van der Waals surface area contributed by atoms with Crippen LogP contribution in [0.2, 0.25) is 0 Å². The summed E-state index contributed by atoms with van der Waals surface area (Å²) in [5.41, 5.74) is 1.30. The minimum atomic E-state index is -0.187. The molecule has 3 rings (SSSR count). The zero-order valence-electron chi connectivity index (χ0n) is 13.7. The average molecular weight is 321 g/mol. The van der Waals surface area contributed by atoms with Gasteiger partial charge in [0.05, 0.1) is 13.7 Å². The molecular formula is C20H19NO3. The van der Waals surface area contributed by atoms with Crippen molar-refractivity contribution in [3.8, 4) is 11.5 Å². The summed E-state index contributed by atoms with van der Waals surface area (Å²) in [6, 6.07) is 18.9. The van der Waals surface area contributed by atoms with E-state index in [0.29, 0.717) is 23.7 Å². The zero-order chi connectivity index (χ0) is 16.9. The summed E-state index contributed by atoms with van der Waals surface area (Å²) in [4.78, 5) is 12.6. The van der Waals surface area contributed by atoms with Gasteiger partial charge in [-0.25, -0.2) is 0 Å². The van der Waals surface area contributed by atoms with Crippen molar-refractivity contribution in [1.82, 2.24) is 0 Å². The van der Waals surface area contributed by atoms with E-state index in [9.17, 15) is 4.79 Å². The molecule has 0 spiro atoms. The number of anilines is 1. The minimum absolute atomic E-state index is 0.187. The molecule has 3 aromatic carbocycles. The lowest BCUT2D eigenvalue weighted by atomic mass is 10.1. The highest BCUT2D eigenvalue weighted by Crippen LogP contribution is 2.29. The molecular weight excluding hydrogens is 302 g/mol. The maximum absolute atomic E-state index is 12.6. The average Bonchev–Trinajstić information content (AvgIpc) is 2.62. The summed E-state index contributed by atoms with van der Waals surface area (Å²) < 4.78 is 10.8. The van der Waals surface area contributed by atoms with E-state index in [1.165, 1.54) is 0 Å². The van der Waals surface area contributed by atoms with Crippen molar-refractivity contribution in [2.24, 2.45) is 0 Å². The van der Waals surface area contributed by atoms with E-state index in [1.54, 1.807) is 25.3 Å². The number of methoxy groups -OCH3 is 1. The molecule has 0 aliphatic carbocycles. The van der Waals surface area contributed by atoms with E-state index >= 15 is 0 Å². The summed E-state index contributed by atoms with van der Waals surface area (Å²) in [6.45, 7) is 2.44. The third kappa shape index (κ3) is 3.18. The summed E-state index contributed by atoms with van der Waals surface area (Å²) in [5, 5.41) is 5.06. The fourth-order valence-electron chi connectivity index (χ4n) is 2.61. The zero-order valence-corrected chi connectivity index (χ0v) is 13.7. The minimum Gasteiger partial charge on any atom is -0.493 e. The Balaban J connectivity index is 1.89. The van der Waals surface area contributed by atoms with E-state index in [-0.39, 0.29) is 5.91 Å². The molecule has 4 nitrogen and oxygen atoms in total. The Bertz CT molecular complexity index is 868. The van der Waals surface area contributed by atoms with Crippen molar-refractivity contribution in [1.29, 1.82) is 0 Å². The van der Waals surface area contributed by atoms with E-state index in [4.69, 9.17) is 9.47 Å². The third-order valence-corrected chi connectivity index (χ3v) is 3.76. The quantitative estimate of drug-likeness (QED) is 0.752. The van der Waals surface area contributed by atoms with Crippen LogP contribution in [0.3, 0.4) is 0 Å². The Hall–Kier alpha value is -3.01. The summed E-state index contributed by atoms with van der Waals surface area (Å²) in [7, 11) is 1.56. The first kappa shape index (κ1) is 15.9. The number of hydrogen-bond donors (Lipinski definition) is 1. The number of amides is 1. The van der Waals surface area contributed by atoms with Crippen LogP contribution in [0.25, 0.3) is 10.8 Å². The molecule has 0 fully saturated rings. The van der Waals surface area contributed by atoms with Crippen molar-refractivity contribution >= 4 is 22.4 Å². The van der Waals surface area contributed by atoms with Gasteiger partial charge in [-0.1, -0.05) is 36.4 Å². The predicted octanol–water partition coefficient (Wildman–Crippen LogP) is 4.50. The number of carbonyl (C=O) groups excluding carboxylic acids is 1. The van der Waals surface area contributed by atoms with Gasteiger partial charge in [0.15, 0.2) is 11.5 Å².